The van der Waals surface area contributed by atoms with E-state index >= 15 is 0 Å². The molecule has 1 aromatic carbocycles. The molecule has 3 heterocycles. The molecule has 31 heavy (non-hydrogen) atoms. The molecule has 1 aliphatic heterocycles. The van der Waals surface area contributed by atoms with Gasteiger partial charge >= 0.3 is 0 Å². The van der Waals surface area contributed by atoms with E-state index in [9.17, 15) is 14.7 Å². The van der Waals surface area contributed by atoms with Crippen molar-refractivity contribution >= 4 is 28.8 Å². The van der Waals surface area contributed by atoms with E-state index in [1.54, 1.807) is 36.4 Å². The van der Waals surface area contributed by atoms with E-state index in [2.05, 4.69) is 0 Å². The molecule has 4 rings (SSSR count). The number of ketones is 1. The maximum Gasteiger partial charge on any atom is 0.296 e. The Bertz CT molecular complexity index is 1130. The van der Waals surface area contributed by atoms with Crippen LogP contribution >= 0.6 is 11.3 Å². The molecule has 0 radical (unpaired) electrons. The first kappa shape index (κ1) is 20.9. The van der Waals surface area contributed by atoms with Crippen LogP contribution in [0.3, 0.4) is 0 Å². The molecule has 1 atom stereocenters. The van der Waals surface area contributed by atoms with Crippen molar-refractivity contribution in [1.82, 2.24) is 4.90 Å². The molecule has 1 N–H and O–H groups in total. The average Bonchev–Trinajstić information content (AvgIpc) is 3.45. The number of hydrogen-bond donors (Lipinski definition) is 1. The molecule has 3 aromatic rings. The third-order valence-corrected chi connectivity index (χ3v) is 6.17. The van der Waals surface area contributed by atoms with Crippen LogP contribution in [0.15, 0.2) is 64.1 Å². The van der Waals surface area contributed by atoms with E-state index < -0.39 is 17.7 Å². The molecule has 0 bridgehead atoms. The van der Waals surface area contributed by atoms with Crippen molar-refractivity contribution in [2.24, 2.45) is 0 Å². The van der Waals surface area contributed by atoms with Gasteiger partial charge in [0.2, 0.25) is 0 Å². The van der Waals surface area contributed by atoms with Crippen molar-refractivity contribution in [1.29, 1.82) is 0 Å². The summed E-state index contributed by atoms with van der Waals surface area (Å²) in [4.78, 5) is 28.3. The lowest BCUT2D eigenvalue weighted by molar-refractivity contribution is -0.140. The van der Waals surface area contributed by atoms with Crippen molar-refractivity contribution in [3.05, 3.63) is 81.4 Å². The summed E-state index contributed by atoms with van der Waals surface area (Å²) in [6, 6.07) is 11.6. The summed E-state index contributed by atoms with van der Waals surface area (Å²) in [5.41, 5.74) is 1.49. The van der Waals surface area contributed by atoms with E-state index in [1.165, 1.54) is 22.5 Å². The normalized spacial score (nSPS) is 18.2. The van der Waals surface area contributed by atoms with Crippen LogP contribution in [0.1, 0.15) is 41.7 Å². The molecule has 6 nitrogen and oxygen atoms in total. The van der Waals surface area contributed by atoms with Crippen molar-refractivity contribution in [2.75, 3.05) is 0 Å². The lowest BCUT2D eigenvalue weighted by atomic mass is 9.98. The van der Waals surface area contributed by atoms with Gasteiger partial charge in [0.05, 0.1) is 24.5 Å². The number of thiophene rings is 1. The van der Waals surface area contributed by atoms with Crippen LogP contribution in [0.25, 0.3) is 5.76 Å². The molecule has 1 fully saturated rings. The standard InChI is InChI=1S/C24H23NO5S/c1-14(2)30-17-8-6-16(7-9-17)21(26)19-20(23-15(3)10-12-31-23)25(24(28)22(19)27)13-18-5-4-11-29-18/h4-12,14,20,26H,13H2,1-3H3/b21-19-. The summed E-state index contributed by atoms with van der Waals surface area (Å²) in [5, 5.41) is 13.0. The molecule has 1 amide bonds. The van der Waals surface area contributed by atoms with Gasteiger partial charge in [-0.3, -0.25) is 9.59 Å². The van der Waals surface area contributed by atoms with Crippen molar-refractivity contribution < 1.29 is 23.8 Å². The fraction of sp³-hybridized carbons (Fsp3) is 0.250. The summed E-state index contributed by atoms with van der Waals surface area (Å²) >= 11 is 1.45. The molecule has 0 aliphatic carbocycles. The third-order valence-electron chi connectivity index (χ3n) is 5.10. The molecule has 0 saturated carbocycles. The Labute approximate surface area is 184 Å². The molecule has 7 heteroatoms. The second-order valence-electron chi connectivity index (χ2n) is 7.67. The van der Waals surface area contributed by atoms with Crippen LogP contribution < -0.4 is 4.74 Å². The minimum atomic E-state index is -0.704. The molecule has 0 spiro atoms. The topological polar surface area (TPSA) is 80.0 Å². The van der Waals surface area contributed by atoms with E-state index in [1.807, 2.05) is 32.2 Å². The van der Waals surface area contributed by atoms with E-state index in [-0.39, 0.29) is 24.0 Å². The minimum Gasteiger partial charge on any atom is -0.507 e. The number of nitrogens with zero attached hydrogens (tertiary/aromatic N) is 1. The molecule has 1 unspecified atom stereocenters. The first-order chi connectivity index (χ1) is 14.9. The van der Waals surface area contributed by atoms with Gasteiger partial charge in [-0.05, 0) is 74.2 Å². The summed E-state index contributed by atoms with van der Waals surface area (Å²) in [5.74, 6) is -0.333. The van der Waals surface area contributed by atoms with E-state index in [4.69, 9.17) is 9.15 Å². The van der Waals surface area contributed by atoms with Crippen LogP contribution in [0.2, 0.25) is 0 Å². The zero-order valence-corrected chi connectivity index (χ0v) is 18.3. The van der Waals surface area contributed by atoms with Gasteiger partial charge in [-0.15, -0.1) is 11.3 Å². The number of aliphatic hydroxyl groups excluding tert-OH is 1. The van der Waals surface area contributed by atoms with Gasteiger partial charge in [0.25, 0.3) is 11.7 Å². The number of rotatable bonds is 6. The Morgan fingerprint density at radius 2 is 1.94 bits per heavy atom. The van der Waals surface area contributed by atoms with Crippen LogP contribution in [-0.4, -0.2) is 27.8 Å². The second-order valence-corrected chi connectivity index (χ2v) is 8.61. The minimum absolute atomic E-state index is 0.0215. The SMILES string of the molecule is Cc1ccsc1C1/C(=C(/O)c2ccc(OC(C)C)cc2)C(=O)C(=O)N1Cc1ccco1. The van der Waals surface area contributed by atoms with Gasteiger partial charge in [-0.25, -0.2) is 0 Å². The Morgan fingerprint density at radius 1 is 1.19 bits per heavy atom. The van der Waals surface area contributed by atoms with Crippen molar-refractivity contribution in [3.63, 3.8) is 0 Å². The Kier molecular flexibility index (Phi) is 5.69. The fourth-order valence-corrected chi connectivity index (χ4v) is 4.72. The highest BCUT2D eigenvalue weighted by Gasteiger charge is 2.47. The van der Waals surface area contributed by atoms with Gasteiger partial charge in [-0.2, -0.15) is 0 Å². The number of hydrogen-bond acceptors (Lipinski definition) is 6. The smallest absolute Gasteiger partial charge is 0.296 e. The van der Waals surface area contributed by atoms with Crippen LogP contribution in [-0.2, 0) is 16.1 Å². The molecule has 1 aliphatic rings. The lowest BCUT2D eigenvalue weighted by Gasteiger charge is -2.24. The number of likely N-dealkylation sites (tertiary alicyclic amines) is 1. The number of carbonyl (C=O) groups excluding carboxylic acids is 2. The maximum atomic E-state index is 13.0. The van der Waals surface area contributed by atoms with Crippen LogP contribution in [0.5, 0.6) is 5.75 Å². The van der Waals surface area contributed by atoms with E-state index in [0.717, 1.165) is 10.4 Å². The van der Waals surface area contributed by atoms with Crippen molar-refractivity contribution in [2.45, 2.75) is 39.5 Å². The maximum absolute atomic E-state index is 13.0. The molecule has 2 aromatic heterocycles. The van der Waals surface area contributed by atoms with E-state index in [0.29, 0.717) is 17.1 Å². The largest absolute Gasteiger partial charge is 0.507 e. The van der Waals surface area contributed by atoms with Gasteiger partial charge in [-0.1, -0.05) is 0 Å². The Morgan fingerprint density at radius 3 is 2.52 bits per heavy atom. The molecular weight excluding hydrogens is 414 g/mol. The summed E-state index contributed by atoms with van der Waals surface area (Å²) < 4.78 is 11.1. The van der Waals surface area contributed by atoms with Gasteiger partial charge < -0.3 is 19.2 Å². The quantitative estimate of drug-likeness (QED) is 0.331. The highest BCUT2D eigenvalue weighted by atomic mass is 32.1. The highest BCUT2D eigenvalue weighted by molar-refractivity contribution is 7.10. The van der Waals surface area contributed by atoms with Crippen LogP contribution in [0, 0.1) is 6.92 Å². The summed E-state index contributed by atoms with van der Waals surface area (Å²) in [6.45, 7) is 5.92. The number of ether oxygens (including phenoxy) is 1. The number of carbonyl (C=O) groups is 2. The highest BCUT2D eigenvalue weighted by Crippen LogP contribution is 2.43. The fourth-order valence-electron chi connectivity index (χ4n) is 3.67. The summed E-state index contributed by atoms with van der Waals surface area (Å²) in [6.07, 6.45) is 1.55. The number of Topliss-reactive ketones (excluding diaryl/α,β-unsaturated/α-hetero) is 1. The Balaban J connectivity index is 1.79. The molecule has 160 valence electrons. The van der Waals surface area contributed by atoms with Crippen molar-refractivity contribution in [3.8, 4) is 5.75 Å². The monoisotopic (exact) mass is 437 g/mol. The average molecular weight is 438 g/mol. The van der Waals surface area contributed by atoms with Gasteiger partial charge in [0.1, 0.15) is 23.3 Å². The Hall–Kier alpha value is -3.32. The number of aryl methyl sites for hydroxylation is 1. The first-order valence-electron chi connectivity index (χ1n) is 9.98. The predicted octanol–water partition coefficient (Wildman–Crippen LogP) is 5.06. The zero-order valence-electron chi connectivity index (χ0n) is 17.5. The van der Waals surface area contributed by atoms with Crippen LogP contribution in [0.4, 0.5) is 0 Å². The molecule has 1 saturated heterocycles. The van der Waals surface area contributed by atoms with Gasteiger partial charge in [0.15, 0.2) is 0 Å². The predicted molar refractivity (Wildman–Crippen MR) is 118 cm³/mol. The number of aliphatic hydroxyl groups is 1. The first-order valence-corrected chi connectivity index (χ1v) is 10.9. The third kappa shape index (κ3) is 4.01. The molecular formula is C24H23NO5S. The number of benzene rings is 1. The second kappa shape index (κ2) is 8.43. The lowest BCUT2D eigenvalue weighted by Crippen LogP contribution is -2.28. The number of amides is 1. The van der Waals surface area contributed by atoms with Gasteiger partial charge in [0, 0.05) is 10.4 Å². The summed E-state index contributed by atoms with van der Waals surface area (Å²) in [7, 11) is 0. The number of furan rings is 1. The zero-order chi connectivity index (χ0) is 22.1.